The number of hydrogen-bond donors (Lipinski definition) is 1. The molecule has 0 bridgehead atoms. The van der Waals surface area contributed by atoms with Crippen molar-refractivity contribution in [2.75, 3.05) is 13.2 Å². The van der Waals surface area contributed by atoms with Crippen LogP contribution in [-0.4, -0.2) is 36.4 Å². The van der Waals surface area contributed by atoms with Gasteiger partial charge in [0.25, 0.3) is 0 Å². The highest BCUT2D eigenvalue weighted by Crippen LogP contribution is 2.12. The molecule has 0 saturated carbocycles. The van der Waals surface area contributed by atoms with Gasteiger partial charge < -0.3 is 14.6 Å². The fourth-order valence-corrected chi connectivity index (χ4v) is 4.99. The Hall–Kier alpha value is -3.18. The van der Waals surface area contributed by atoms with E-state index in [9.17, 15) is 14.7 Å². The van der Waals surface area contributed by atoms with Gasteiger partial charge in [-0.25, -0.2) is 0 Å². The predicted molar refractivity (Wildman–Crippen MR) is 214 cm³/mol. The van der Waals surface area contributed by atoms with Crippen molar-refractivity contribution in [2.45, 2.75) is 161 Å². The molecule has 0 saturated heterocycles. The zero-order valence-corrected chi connectivity index (χ0v) is 31.9. The van der Waals surface area contributed by atoms with Crippen molar-refractivity contribution in [3.05, 3.63) is 97.2 Å². The molecule has 0 radical (unpaired) electrons. The summed E-state index contributed by atoms with van der Waals surface area (Å²) in [5.41, 5.74) is 0. The van der Waals surface area contributed by atoms with Crippen LogP contribution in [0.2, 0.25) is 0 Å². The molecule has 0 aliphatic rings. The minimum atomic E-state index is -0.792. The van der Waals surface area contributed by atoms with Gasteiger partial charge in [0, 0.05) is 12.8 Å². The predicted octanol–water partition coefficient (Wildman–Crippen LogP) is 12.5. The van der Waals surface area contributed by atoms with E-state index in [1.165, 1.54) is 25.7 Å². The van der Waals surface area contributed by atoms with E-state index in [1.54, 1.807) is 0 Å². The summed E-state index contributed by atoms with van der Waals surface area (Å²) in [5, 5.41) is 9.55. The van der Waals surface area contributed by atoms with Crippen LogP contribution >= 0.6 is 0 Å². The number of ether oxygens (including phenoxy) is 2. The summed E-state index contributed by atoms with van der Waals surface area (Å²) < 4.78 is 10.6. The van der Waals surface area contributed by atoms with Crippen molar-refractivity contribution in [3.63, 3.8) is 0 Å². The summed E-state index contributed by atoms with van der Waals surface area (Å²) in [7, 11) is 0. The maximum Gasteiger partial charge on any atom is 0.306 e. The highest BCUT2D eigenvalue weighted by atomic mass is 16.6. The number of carbonyl (C=O) groups excluding carboxylic acids is 2. The third-order valence-corrected chi connectivity index (χ3v) is 7.93. The Morgan fingerprint density at radius 2 is 0.900 bits per heavy atom. The van der Waals surface area contributed by atoms with Crippen molar-refractivity contribution in [3.8, 4) is 0 Å². The molecule has 1 unspecified atom stereocenters. The van der Waals surface area contributed by atoms with Crippen molar-refractivity contribution in [2.24, 2.45) is 0 Å². The molecule has 0 rings (SSSR count). The second-order valence-corrected chi connectivity index (χ2v) is 12.7. The minimum absolute atomic E-state index is 0.0876. The average Bonchev–Trinajstić information content (AvgIpc) is 3.12. The molecule has 1 N–H and O–H groups in total. The van der Waals surface area contributed by atoms with Crippen LogP contribution in [0, 0.1) is 0 Å². The Bertz CT molecular complexity index is 1010. The van der Waals surface area contributed by atoms with Crippen molar-refractivity contribution < 1.29 is 24.2 Å². The third kappa shape index (κ3) is 37.6. The van der Waals surface area contributed by atoms with E-state index in [0.29, 0.717) is 12.8 Å². The van der Waals surface area contributed by atoms with Gasteiger partial charge in [-0.2, -0.15) is 0 Å². The fraction of sp³-hybridized carbons (Fsp3) is 0.600. The SMILES string of the molecule is CC/C=C/C=C/C=C/CCCCCCCC(=O)OCC(CO)OC(=O)CCCCCCCCC/C=C/C/C=C/C/C=C/C/C=C/C/C=C/CC. The highest BCUT2D eigenvalue weighted by Gasteiger charge is 2.16. The van der Waals surface area contributed by atoms with Gasteiger partial charge in [-0.15, -0.1) is 0 Å². The Morgan fingerprint density at radius 3 is 1.42 bits per heavy atom. The van der Waals surface area contributed by atoms with Gasteiger partial charge >= 0.3 is 11.9 Å². The van der Waals surface area contributed by atoms with Crippen molar-refractivity contribution in [1.29, 1.82) is 0 Å². The Kier molecular flexibility index (Phi) is 37.7. The molecule has 0 aliphatic carbocycles. The lowest BCUT2D eigenvalue weighted by Gasteiger charge is -2.15. The molecular weight excluding hydrogens is 620 g/mol. The summed E-state index contributed by atoms with van der Waals surface area (Å²) in [5.74, 6) is -0.638. The molecule has 0 aromatic rings. The quantitative estimate of drug-likeness (QED) is 0.0314. The van der Waals surface area contributed by atoms with Crippen molar-refractivity contribution in [1.82, 2.24) is 0 Å². The van der Waals surface area contributed by atoms with Gasteiger partial charge in [-0.3, -0.25) is 9.59 Å². The lowest BCUT2D eigenvalue weighted by atomic mass is 10.1. The molecule has 0 amide bonds. The monoisotopic (exact) mass is 693 g/mol. The van der Waals surface area contributed by atoms with Crippen LogP contribution in [0.25, 0.3) is 0 Å². The molecule has 0 fully saturated rings. The number of aliphatic hydroxyl groups is 1. The largest absolute Gasteiger partial charge is 0.462 e. The molecule has 0 aromatic carbocycles. The molecule has 0 aromatic heterocycles. The normalized spacial score (nSPS) is 13.3. The molecule has 0 spiro atoms. The molecule has 0 heterocycles. The molecule has 50 heavy (non-hydrogen) atoms. The lowest BCUT2D eigenvalue weighted by Crippen LogP contribution is -2.28. The highest BCUT2D eigenvalue weighted by molar-refractivity contribution is 5.70. The Balaban J connectivity index is 3.64. The Labute approximate surface area is 307 Å². The van der Waals surface area contributed by atoms with E-state index in [0.717, 1.165) is 103 Å². The van der Waals surface area contributed by atoms with E-state index in [1.807, 2.05) is 6.08 Å². The standard InChI is InChI=1S/C45H72O5/c1-3-5-7-9-11-13-15-17-18-19-20-21-22-23-24-25-26-28-30-32-34-36-38-40-45(48)50-43(41-46)42-49-44(47)39-37-35-33-31-29-27-16-14-12-10-8-6-4-2/h5-8,10-14,16-18,20-21,23-24,43,46H,3-4,9,15,19,22,25-42H2,1-2H3/b7-5+,8-6+,12-10+,13-11+,16-14+,18-17+,21-20+,24-23+. The van der Waals surface area contributed by atoms with Gasteiger partial charge in [0.1, 0.15) is 6.61 Å². The van der Waals surface area contributed by atoms with Crippen molar-refractivity contribution >= 4 is 11.9 Å². The summed E-state index contributed by atoms with van der Waals surface area (Å²) in [6.45, 7) is 3.84. The number of carbonyl (C=O) groups is 2. The third-order valence-electron chi connectivity index (χ3n) is 7.93. The number of aliphatic hydroxyl groups excluding tert-OH is 1. The average molecular weight is 693 g/mol. The van der Waals surface area contributed by atoms with Gasteiger partial charge in [-0.1, -0.05) is 162 Å². The molecular formula is C45H72O5. The van der Waals surface area contributed by atoms with Crippen LogP contribution < -0.4 is 0 Å². The second kappa shape index (κ2) is 40.3. The van der Waals surface area contributed by atoms with E-state index in [2.05, 4.69) is 105 Å². The fourth-order valence-electron chi connectivity index (χ4n) is 4.99. The first kappa shape index (κ1) is 46.8. The van der Waals surface area contributed by atoms with E-state index < -0.39 is 6.10 Å². The summed E-state index contributed by atoms with van der Waals surface area (Å²) >= 11 is 0. The van der Waals surface area contributed by atoms with Crippen LogP contribution in [0.15, 0.2) is 97.2 Å². The zero-order chi connectivity index (χ0) is 36.4. The Morgan fingerprint density at radius 1 is 0.480 bits per heavy atom. The summed E-state index contributed by atoms with van der Waals surface area (Å²) in [6.07, 6.45) is 56.1. The smallest absolute Gasteiger partial charge is 0.306 e. The maximum absolute atomic E-state index is 12.2. The summed E-state index contributed by atoms with van der Waals surface area (Å²) in [4.78, 5) is 24.2. The minimum Gasteiger partial charge on any atom is -0.462 e. The van der Waals surface area contributed by atoms with E-state index in [4.69, 9.17) is 9.47 Å². The number of rotatable bonds is 34. The van der Waals surface area contributed by atoms with Gasteiger partial charge in [-0.05, 0) is 77.0 Å². The second-order valence-electron chi connectivity index (χ2n) is 12.7. The van der Waals surface area contributed by atoms with Crippen LogP contribution in [0.5, 0.6) is 0 Å². The molecule has 1 atom stereocenters. The van der Waals surface area contributed by atoms with Gasteiger partial charge in [0.15, 0.2) is 6.10 Å². The number of allylic oxidation sites excluding steroid dienone is 16. The number of esters is 2. The van der Waals surface area contributed by atoms with Gasteiger partial charge in [0.05, 0.1) is 6.61 Å². The number of unbranched alkanes of at least 4 members (excludes halogenated alkanes) is 12. The van der Waals surface area contributed by atoms with Crippen LogP contribution in [0.3, 0.4) is 0 Å². The molecule has 282 valence electrons. The van der Waals surface area contributed by atoms with Crippen LogP contribution in [0.4, 0.5) is 0 Å². The molecule has 0 aliphatic heterocycles. The summed E-state index contributed by atoms with van der Waals surface area (Å²) in [6, 6.07) is 0. The maximum atomic E-state index is 12.2. The number of hydrogen-bond acceptors (Lipinski definition) is 5. The molecule has 5 nitrogen and oxygen atoms in total. The van der Waals surface area contributed by atoms with Crippen LogP contribution in [-0.2, 0) is 19.1 Å². The lowest BCUT2D eigenvalue weighted by molar-refractivity contribution is -0.161. The van der Waals surface area contributed by atoms with E-state index in [-0.39, 0.29) is 25.2 Å². The van der Waals surface area contributed by atoms with Crippen LogP contribution in [0.1, 0.15) is 155 Å². The first-order chi connectivity index (χ1) is 24.6. The molecule has 5 heteroatoms. The first-order valence-electron chi connectivity index (χ1n) is 19.8. The topological polar surface area (TPSA) is 72.8 Å². The first-order valence-corrected chi connectivity index (χ1v) is 19.8. The van der Waals surface area contributed by atoms with Gasteiger partial charge in [0.2, 0.25) is 0 Å². The van der Waals surface area contributed by atoms with E-state index >= 15 is 0 Å². The zero-order valence-electron chi connectivity index (χ0n) is 31.9.